The summed E-state index contributed by atoms with van der Waals surface area (Å²) in [5.74, 6) is 0.164. The lowest BCUT2D eigenvalue weighted by Crippen LogP contribution is -2.32. The third-order valence-corrected chi connectivity index (χ3v) is 5.01. The van der Waals surface area contributed by atoms with Crippen LogP contribution in [-0.4, -0.2) is 52.9 Å². The third-order valence-electron chi connectivity index (χ3n) is 5.01. The number of carbonyl (C=O) groups is 2. The van der Waals surface area contributed by atoms with Crippen LogP contribution in [-0.2, 0) is 0 Å². The minimum absolute atomic E-state index is 0.0519. The number of methoxy groups -OCH3 is 1. The molecule has 8 nitrogen and oxygen atoms in total. The van der Waals surface area contributed by atoms with Gasteiger partial charge >= 0.3 is 0 Å². The van der Waals surface area contributed by atoms with Crippen LogP contribution in [0.15, 0.2) is 48.7 Å². The second-order valence-electron chi connectivity index (χ2n) is 6.91. The normalized spacial score (nSPS) is 16.0. The molecule has 2 amide bonds. The zero-order valence-corrected chi connectivity index (χ0v) is 16.0. The monoisotopic (exact) mass is 391 g/mol. The van der Waals surface area contributed by atoms with Gasteiger partial charge in [-0.15, -0.1) is 0 Å². The molecule has 2 aromatic carbocycles. The van der Waals surface area contributed by atoms with Gasteiger partial charge in [0.15, 0.2) is 0 Å². The maximum absolute atomic E-state index is 13.0. The summed E-state index contributed by atoms with van der Waals surface area (Å²) < 4.78 is 5.29. The van der Waals surface area contributed by atoms with Gasteiger partial charge in [0.1, 0.15) is 5.75 Å². The number of nitrogens with one attached hydrogen (secondary N) is 1. The van der Waals surface area contributed by atoms with E-state index in [0.717, 1.165) is 17.3 Å². The van der Waals surface area contributed by atoms with Crippen molar-refractivity contribution in [1.29, 1.82) is 0 Å². The first-order valence-corrected chi connectivity index (χ1v) is 9.30. The summed E-state index contributed by atoms with van der Waals surface area (Å²) in [4.78, 5) is 35.0. The largest absolute Gasteiger partial charge is 0.496 e. The highest BCUT2D eigenvalue weighted by molar-refractivity contribution is 6.00. The first-order valence-electron chi connectivity index (χ1n) is 9.30. The molecule has 1 atom stereocenters. The van der Waals surface area contributed by atoms with Crippen LogP contribution < -0.4 is 15.8 Å². The van der Waals surface area contributed by atoms with Gasteiger partial charge in [-0.3, -0.25) is 9.59 Å². The number of amides is 2. The number of anilines is 1. The average Bonchev–Trinajstić information content (AvgIpc) is 3.21. The van der Waals surface area contributed by atoms with E-state index in [4.69, 9.17) is 10.5 Å². The van der Waals surface area contributed by atoms with E-state index < -0.39 is 5.91 Å². The zero-order valence-electron chi connectivity index (χ0n) is 16.0. The van der Waals surface area contributed by atoms with Crippen molar-refractivity contribution in [1.82, 2.24) is 14.9 Å². The van der Waals surface area contributed by atoms with Gasteiger partial charge in [0.05, 0.1) is 18.2 Å². The molecule has 1 saturated heterocycles. The number of likely N-dealkylation sites (tertiary alicyclic amines) is 1. The van der Waals surface area contributed by atoms with Gasteiger partial charge in [0, 0.05) is 36.3 Å². The van der Waals surface area contributed by atoms with E-state index in [1.165, 1.54) is 19.2 Å². The quantitative estimate of drug-likeness (QED) is 0.689. The van der Waals surface area contributed by atoms with Crippen molar-refractivity contribution in [3.8, 4) is 5.75 Å². The Balaban J connectivity index is 1.46. The fourth-order valence-electron chi connectivity index (χ4n) is 3.48. The SMILES string of the molecule is COc1cc(C(N)=O)ccc1C(=O)N1CCC(Nc2ncc3ccccc3n2)C1. The van der Waals surface area contributed by atoms with Crippen LogP contribution in [0.1, 0.15) is 27.1 Å². The smallest absolute Gasteiger partial charge is 0.257 e. The summed E-state index contributed by atoms with van der Waals surface area (Å²) in [6.45, 7) is 1.13. The second kappa shape index (κ2) is 7.75. The fraction of sp³-hybridized carbons (Fsp3) is 0.238. The van der Waals surface area contributed by atoms with Crippen LogP contribution in [0.5, 0.6) is 5.75 Å². The predicted molar refractivity (Wildman–Crippen MR) is 109 cm³/mol. The average molecular weight is 391 g/mol. The zero-order chi connectivity index (χ0) is 20.4. The van der Waals surface area contributed by atoms with E-state index in [1.54, 1.807) is 17.2 Å². The van der Waals surface area contributed by atoms with Crippen molar-refractivity contribution in [2.24, 2.45) is 5.73 Å². The van der Waals surface area contributed by atoms with E-state index >= 15 is 0 Å². The summed E-state index contributed by atoms with van der Waals surface area (Å²) in [6, 6.07) is 12.4. The number of primary amides is 1. The summed E-state index contributed by atoms with van der Waals surface area (Å²) in [5.41, 5.74) is 6.87. The highest BCUT2D eigenvalue weighted by Crippen LogP contribution is 2.24. The Labute approximate surface area is 167 Å². The predicted octanol–water partition coefficient (Wildman–Crippen LogP) is 2.06. The highest BCUT2D eigenvalue weighted by atomic mass is 16.5. The van der Waals surface area contributed by atoms with Crippen molar-refractivity contribution < 1.29 is 14.3 Å². The van der Waals surface area contributed by atoms with Gasteiger partial charge in [-0.1, -0.05) is 18.2 Å². The summed E-state index contributed by atoms with van der Waals surface area (Å²) in [5, 5.41) is 4.29. The topological polar surface area (TPSA) is 110 Å². The van der Waals surface area contributed by atoms with Crippen molar-refractivity contribution in [2.75, 3.05) is 25.5 Å². The molecule has 2 heterocycles. The van der Waals surface area contributed by atoms with Crippen LogP contribution in [0.2, 0.25) is 0 Å². The van der Waals surface area contributed by atoms with Crippen molar-refractivity contribution >= 4 is 28.7 Å². The van der Waals surface area contributed by atoms with Crippen LogP contribution in [0.3, 0.4) is 0 Å². The molecule has 1 aliphatic heterocycles. The molecule has 0 bridgehead atoms. The van der Waals surface area contributed by atoms with Crippen molar-refractivity contribution in [3.63, 3.8) is 0 Å². The number of hydrogen-bond donors (Lipinski definition) is 2. The minimum Gasteiger partial charge on any atom is -0.496 e. The van der Waals surface area contributed by atoms with Crippen LogP contribution in [0, 0.1) is 0 Å². The lowest BCUT2D eigenvalue weighted by atomic mass is 10.1. The number of benzene rings is 2. The molecule has 1 aromatic heterocycles. The molecular weight excluding hydrogens is 370 g/mol. The van der Waals surface area contributed by atoms with E-state index in [2.05, 4.69) is 15.3 Å². The number of aromatic nitrogens is 2. The first kappa shape index (κ1) is 18.7. The maximum Gasteiger partial charge on any atom is 0.257 e. The minimum atomic E-state index is -0.567. The number of fused-ring (bicyclic) bond motifs is 1. The third kappa shape index (κ3) is 3.82. The Morgan fingerprint density at radius 2 is 2.07 bits per heavy atom. The summed E-state index contributed by atoms with van der Waals surface area (Å²) >= 11 is 0. The standard InChI is InChI=1S/C21H21N5O3/c1-29-18-10-13(19(22)27)6-7-16(18)20(28)26-9-8-15(12-26)24-21-23-11-14-4-2-3-5-17(14)25-21/h2-7,10-11,15H,8-9,12H2,1H3,(H2,22,27)(H,23,24,25). The maximum atomic E-state index is 13.0. The van der Waals surface area contributed by atoms with Gasteiger partial charge in [0.2, 0.25) is 11.9 Å². The van der Waals surface area contributed by atoms with Crippen LogP contribution >= 0.6 is 0 Å². The molecular formula is C21H21N5O3. The summed E-state index contributed by atoms with van der Waals surface area (Å²) in [7, 11) is 1.46. The molecule has 3 N–H and O–H groups in total. The molecule has 1 fully saturated rings. The Kier molecular flexibility index (Phi) is 4.99. The van der Waals surface area contributed by atoms with E-state index in [-0.39, 0.29) is 11.9 Å². The van der Waals surface area contributed by atoms with Gasteiger partial charge < -0.3 is 20.7 Å². The second-order valence-corrected chi connectivity index (χ2v) is 6.91. The summed E-state index contributed by atoms with van der Waals surface area (Å²) in [6.07, 6.45) is 2.57. The number of para-hydroxylation sites is 1. The van der Waals surface area contributed by atoms with Crippen LogP contribution in [0.4, 0.5) is 5.95 Å². The van der Waals surface area contributed by atoms with Gasteiger partial charge in [0.25, 0.3) is 5.91 Å². The first-order chi connectivity index (χ1) is 14.0. The molecule has 0 aliphatic carbocycles. The number of hydrogen-bond acceptors (Lipinski definition) is 6. The number of nitrogens with two attached hydrogens (primary N) is 1. The molecule has 1 unspecified atom stereocenters. The Hall–Kier alpha value is -3.68. The van der Waals surface area contributed by atoms with Gasteiger partial charge in [-0.25, -0.2) is 9.97 Å². The molecule has 8 heteroatoms. The van der Waals surface area contributed by atoms with E-state index in [9.17, 15) is 9.59 Å². The molecule has 1 aliphatic rings. The molecule has 0 spiro atoms. The fourth-order valence-corrected chi connectivity index (χ4v) is 3.48. The van der Waals surface area contributed by atoms with Crippen LogP contribution in [0.25, 0.3) is 10.9 Å². The molecule has 0 saturated carbocycles. The van der Waals surface area contributed by atoms with E-state index in [0.29, 0.717) is 35.9 Å². The van der Waals surface area contributed by atoms with Gasteiger partial charge in [-0.05, 0) is 30.7 Å². The van der Waals surface area contributed by atoms with Crippen molar-refractivity contribution in [3.05, 3.63) is 59.8 Å². The van der Waals surface area contributed by atoms with Crippen molar-refractivity contribution in [2.45, 2.75) is 12.5 Å². The number of nitrogens with zero attached hydrogens (tertiary/aromatic N) is 3. The van der Waals surface area contributed by atoms with Gasteiger partial charge in [-0.2, -0.15) is 0 Å². The molecule has 148 valence electrons. The van der Waals surface area contributed by atoms with E-state index in [1.807, 2.05) is 24.3 Å². The number of ether oxygens (including phenoxy) is 1. The number of rotatable bonds is 5. The Bertz CT molecular complexity index is 1080. The highest BCUT2D eigenvalue weighted by Gasteiger charge is 2.29. The number of carbonyl (C=O) groups excluding carboxylic acids is 2. The molecule has 3 aromatic rings. The molecule has 29 heavy (non-hydrogen) atoms. The Morgan fingerprint density at radius 1 is 1.24 bits per heavy atom. The lowest BCUT2D eigenvalue weighted by molar-refractivity contribution is 0.0787. The molecule has 4 rings (SSSR count). The Morgan fingerprint density at radius 3 is 2.86 bits per heavy atom. The molecule has 0 radical (unpaired) electrons. The lowest BCUT2D eigenvalue weighted by Gasteiger charge is -2.19.